The molecule has 3 nitrogen and oxygen atoms in total. The second-order valence-electron chi connectivity index (χ2n) is 4.12. The van der Waals surface area contributed by atoms with Crippen LogP contribution in [0.15, 0.2) is 18.2 Å². The van der Waals surface area contributed by atoms with E-state index in [-0.39, 0.29) is 12.0 Å². The van der Waals surface area contributed by atoms with Gasteiger partial charge in [-0.3, -0.25) is 4.79 Å². The number of nitrogens with one attached hydrogen (secondary N) is 1. The highest BCUT2D eigenvalue weighted by atomic mass is 35.5. The summed E-state index contributed by atoms with van der Waals surface area (Å²) in [7, 11) is 0. The van der Waals surface area contributed by atoms with Gasteiger partial charge in [-0.2, -0.15) is 0 Å². The Bertz CT molecular complexity index is 373. The van der Waals surface area contributed by atoms with Crippen LogP contribution in [-0.2, 0) is 0 Å². The number of aliphatic hydroxyl groups is 1. The molecule has 0 aliphatic rings. The molecule has 0 spiro atoms. The van der Waals surface area contributed by atoms with Crippen LogP contribution >= 0.6 is 11.6 Å². The first-order chi connectivity index (χ1) is 8.02. The molecule has 0 aliphatic carbocycles. The Labute approximate surface area is 107 Å². The molecule has 17 heavy (non-hydrogen) atoms. The van der Waals surface area contributed by atoms with E-state index in [1.807, 2.05) is 13.8 Å². The van der Waals surface area contributed by atoms with Crippen molar-refractivity contribution in [3.05, 3.63) is 34.3 Å². The molecular weight excluding hydrogens is 238 g/mol. The molecule has 0 bridgehead atoms. The normalized spacial score (nSPS) is 12.2. The van der Waals surface area contributed by atoms with E-state index in [1.54, 1.807) is 18.2 Å². The van der Waals surface area contributed by atoms with Crippen molar-refractivity contribution in [2.75, 3.05) is 6.54 Å². The molecule has 0 heterocycles. The molecule has 0 aromatic heterocycles. The average molecular weight is 256 g/mol. The lowest BCUT2D eigenvalue weighted by Gasteiger charge is -2.09. The van der Waals surface area contributed by atoms with E-state index in [4.69, 9.17) is 11.6 Å². The second kappa shape index (κ2) is 6.62. The fourth-order valence-electron chi connectivity index (χ4n) is 1.53. The predicted octanol–water partition coefficient (Wildman–Crippen LogP) is 2.54. The zero-order valence-corrected chi connectivity index (χ0v) is 10.9. The van der Waals surface area contributed by atoms with Gasteiger partial charge in [0.2, 0.25) is 0 Å². The molecule has 1 amide bonds. The van der Waals surface area contributed by atoms with Gasteiger partial charge < -0.3 is 10.4 Å². The third-order valence-corrected chi connectivity index (χ3v) is 2.76. The van der Waals surface area contributed by atoms with Gasteiger partial charge in [-0.05, 0) is 43.5 Å². The molecule has 1 unspecified atom stereocenters. The number of aliphatic hydroxyl groups excluding tert-OH is 1. The van der Waals surface area contributed by atoms with Gasteiger partial charge in [-0.1, -0.05) is 18.5 Å². The van der Waals surface area contributed by atoms with Gasteiger partial charge in [0.15, 0.2) is 0 Å². The molecular formula is C13H18ClNO2. The summed E-state index contributed by atoms with van der Waals surface area (Å²) in [5.74, 6) is -0.154. The van der Waals surface area contributed by atoms with E-state index in [0.717, 1.165) is 5.56 Å². The van der Waals surface area contributed by atoms with Crippen LogP contribution in [0.2, 0.25) is 5.02 Å². The lowest BCUT2D eigenvalue weighted by molar-refractivity contribution is 0.0942. The Kier molecular flexibility index (Phi) is 5.45. The van der Waals surface area contributed by atoms with Gasteiger partial charge in [-0.25, -0.2) is 0 Å². The predicted molar refractivity (Wildman–Crippen MR) is 69.4 cm³/mol. The zero-order chi connectivity index (χ0) is 12.8. The van der Waals surface area contributed by atoms with Gasteiger partial charge in [0, 0.05) is 17.1 Å². The van der Waals surface area contributed by atoms with E-state index in [9.17, 15) is 9.90 Å². The lowest BCUT2D eigenvalue weighted by Crippen LogP contribution is -2.27. The van der Waals surface area contributed by atoms with Crippen LogP contribution in [0.5, 0.6) is 0 Å². The van der Waals surface area contributed by atoms with Gasteiger partial charge in [0.05, 0.1) is 6.10 Å². The number of rotatable bonds is 5. The molecule has 94 valence electrons. The monoisotopic (exact) mass is 255 g/mol. The molecule has 0 saturated carbocycles. The minimum Gasteiger partial charge on any atom is -0.393 e. The van der Waals surface area contributed by atoms with Crippen LogP contribution in [-0.4, -0.2) is 23.7 Å². The van der Waals surface area contributed by atoms with Gasteiger partial charge in [0.1, 0.15) is 0 Å². The molecule has 1 aromatic carbocycles. The van der Waals surface area contributed by atoms with Crippen LogP contribution in [0.4, 0.5) is 0 Å². The average Bonchev–Trinajstić information content (AvgIpc) is 2.27. The summed E-state index contributed by atoms with van der Waals surface area (Å²) >= 11 is 5.88. The van der Waals surface area contributed by atoms with Gasteiger partial charge in [0.25, 0.3) is 5.91 Å². The number of carbonyl (C=O) groups is 1. The van der Waals surface area contributed by atoms with Crippen molar-refractivity contribution in [1.29, 1.82) is 0 Å². The first-order valence-corrected chi connectivity index (χ1v) is 6.14. The van der Waals surface area contributed by atoms with Crippen LogP contribution < -0.4 is 5.32 Å². The molecule has 2 N–H and O–H groups in total. The molecule has 0 radical (unpaired) electrons. The zero-order valence-electron chi connectivity index (χ0n) is 10.2. The highest BCUT2D eigenvalue weighted by molar-refractivity contribution is 6.31. The number of aryl methyl sites for hydroxylation is 1. The summed E-state index contributed by atoms with van der Waals surface area (Å²) < 4.78 is 0. The van der Waals surface area contributed by atoms with Crippen LogP contribution in [0.25, 0.3) is 0 Å². The van der Waals surface area contributed by atoms with Crippen molar-refractivity contribution in [3.63, 3.8) is 0 Å². The Morgan fingerprint density at radius 3 is 2.76 bits per heavy atom. The van der Waals surface area contributed by atoms with Crippen molar-refractivity contribution in [2.24, 2.45) is 0 Å². The van der Waals surface area contributed by atoms with Crippen molar-refractivity contribution in [1.82, 2.24) is 5.32 Å². The number of carbonyl (C=O) groups excluding carboxylic acids is 1. The number of halogens is 1. The molecule has 4 heteroatoms. The maximum absolute atomic E-state index is 11.8. The van der Waals surface area contributed by atoms with Crippen LogP contribution in [0.3, 0.4) is 0 Å². The van der Waals surface area contributed by atoms with Crippen molar-refractivity contribution < 1.29 is 9.90 Å². The summed E-state index contributed by atoms with van der Waals surface area (Å²) in [5.41, 5.74) is 1.51. The van der Waals surface area contributed by atoms with E-state index < -0.39 is 0 Å². The summed E-state index contributed by atoms with van der Waals surface area (Å²) in [6.45, 7) is 4.27. The second-order valence-corrected chi connectivity index (χ2v) is 4.56. The number of hydrogen-bond acceptors (Lipinski definition) is 2. The molecule has 1 atom stereocenters. The maximum atomic E-state index is 11.8. The third kappa shape index (κ3) is 4.75. The molecule has 0 aliphatic heterocycles. The van der Waals surface area contributed by atoms with Crippen molar-refractivity contribution in [3.8, 4) is 0 Å². The SMILES string of the molecule is CCC(O)CCNC(=O)c1cc(C)cc(Cl)c1. The van der Waals surface area contributed by atoms with Gasteiger partial charge >= 0.3 is 0 Å². The van der Waals surface area contributed by atoms with Crippen LogP contribution in [0, 0.1) is 6.92 Å². The summed E-state index contributed by atoms with van der Waals surface area (Å²) in [6, 6.07) is 5.23. The maximum Gasteiger partial charge on any atom is 0.251 e. The van der Waals surface area contributed by atoms with E-state index in [2.05, 4.69) is 5.32 Å². The van der Waals surface area contributed by atoms with E-state index >= 15 is 0 Å². The Morgan fingerprint density at radius 2 is 2.18 bits per heavy atom. The fourth-order valence-corrected chi connectivity index (χ4v) is 1.82. The fraction of sp³-hybridized carbons (Fsp3) is 0.462. The van der Waals surface area contributed by atoms with Gasteiger partial charge in [-0.15, -0.1) is 0 Å². The minimum absolute atomic E-state index is 0.154. The standard InChI is InChI=1S/C13H18ClNO2/c1-3-12(16)4-5-15-13(17)10-6-9(2)7-11(14)8-10/h6-8,12,16H,3-5H2,1-2H3,(H,15,17). The van der Waals surface area contributed by atoms with Crippen molar-refractivity contribution >= 4 is 17.5 Å². The van der Waals surface area contributed by atoms with E-state index in [0.29, 0.717) is 30.0 Å². The molecule has 0 fully saturated rings. The molecule has 0 saturated heterocycles. The van der Waals surface area contributed by atoms with Crippen LogP contribution in [0.1, 0.15) is 35.7 Å². The summed E-state index contributed by atoms with van der Waals surface area (Å²) in [4.78, 5) is 11.8. The third-order valence-electron chi connectivity index (χ3n) is 2.54. The Morgan fingerprint density at radius 1 is 1.47 bits per heavy atom. The summed E-state index contributed by atoms with van der Waals surface area (Å²) in [5, 5.41) is 12.7. The molecule has 1 rings (SSSR count). The first-order valence-electron chi connectivity index (χ1n) is 5.76. The number of amides is 1. The largest absolute Gasteiger partial charge is 0.393 e. The smallest absolute Gasteiger partial charge is 0.251 e. The minimum atomic E-state index is -0.351. The topological polar surface area (TPSA) is 49.3 Å². The highest BCUT2D eigenvalue weighted by Crippen LogP contribution is 2.14. The van der Waals surface area contributed by atoms with E-state index in [1.165, 1.54) is 0 Å². The Balaban J connectivity index is 2.52. The quantitative estimate of drug-likeness (QED) is 0.850. The lowest BCUT2D eigenvalue weighted by atomic mass is 10.1. The highest BCUT2D eigenvalue weighted by Gasteiger charge is 2.07. The summed E-state index contributed by atoms with van der Waals surface area (Å²) in [6.07, 6.45) is 0.921. The molecule has 1 aromatic rings. The Hall–Kier alpha value is -1.06. The van der Waals surface area contributed by atoms with Crippen molar-refractivity contribution in [2.45, 2.75) is 32.8 Å². The number of hydrogen-bond donors (Lipinski definition) is 2. The number of benzene rings is 1. The first kappa shape index (κ1) is 14.0.